The maximum atomic E-state index is 9.56. The molecule has 24 heavy (non-hydrogen) atoms. The maximum absolute atomic E-state index is 9.56. The molecule has 1 heterocycles. The largest absolute Gasteiger partial charge is 0.505 e. The lowest BCUT2D eigenvalue weighted by Crippen LogP contribution is -1.98. The predicted octanol–water partition coefficient (Wildman–Crippen LogP) is 6.99. The number of anilines is 1. The Hall–Kier alpha value is -1.33. The maximum Gasteiger partial charge on any atom is 0.152 e. The number of rotatable bonds is 4. The number of phenols is 1. The van der Waals surface area contributed by atoms with E-state index >= 15 is 0 Å². The summed E-state index contributed by atoms with van der Waals surface area (Å²) in [4.78, 5) is 0. The first-order valence-electron chi connectivity index (χ1n) is 6.90. The quantitative estimate of drug-likeness (QED) is 0.424. The van der Waals surface area contributed by atoms with Gasteiger partial charge in [-0.15, -0.1) is 0 Å². The zero-order valence-electron chi connectivity index (χ0n) is 12.1. The molecule has 0 aliphatic rings. The SMILES string of the molecule is Oc1c(Cl)cc(NCc2ccc(-c3ccc(Br)cc3Cl)o2)cc1Cl. The van der Waals surface area contributed by atoms with Crippen molar-refractivity contribution in [3.8, 4) is 17.1 Å². The number of hydrogen-bond donors (Lipinski definition) is 2. The molecule has 0 fully saturated rings. The van der Waals surface area contributed by atoms with Gasteiger partial charge in [0.15, 0.2) is 5.75 Å². The molecule has 0 spiro atoms. The molecule has 2 aromatic carbocycles. The van der Waals surface area contributed by atoms with Gasteiger partial charge < -0.3 is 14.8 Å². The normalized spacial score (nSPS) is 10.8. The second-order valence-corrected chi connectivity index (χ2v) is 7.17. The summed E-state index contributed by atoms with van der Waals surface area (Å²) >= 11 is 21.4. The van der Waals surface area contributed by atoms with E-state index in [9.17, 15) is 5.11 Å². The summed E-state index contributed by atoms with van der Waals surface area (Å²) in [7, 11) is 0. The van der Waals surface area contributed by atoms with Gasteiger partial charge in [0.1, 0.15) is 11.5 Å². The minimum atomic E-state index is -0.131. The van der Waals surface area contributed by atoms with Gasteiger partial charge in [-0.1, -0.05) is 50.7 Å². The molecular formula is C17H11BrCl3NO2. The Bertz CT molecular complexity index is 872. The molecule has 124 valence electrons. The van der Waals surface area contributed by atoms with E-state index in [0.29, 0.717) is 23.0 Å². The van der Waals surface area contributed by atoms with Gasteiger partial charge in [-0.05, 0) is 42.5 Å². The van der Waals surface area contributed by atoms with Crippen LogP contribution < -0.4 is 5.32 Å². The molecule has 0 unspecified atom stereocenters. The van der Waals surface area contributed by atoms with E-state index < -0.39 is 0 Å². The zero-order valence-corrected chi connectivity index (χ0v) is 16.0. The fraction of sp³-hybridized carbons (Fsp3) is 0.0588. The highest BCUT2D eigenvalue weighted by Crippen LogP contribution is 2.35. The van der Waals surface area contributed by atoms with Gasteiger partial charge in [0.25, 0.3) is 0 Å². The van der Waals surface area contributed by atoms with Crippen molar-refractivity contribution in [1.29, 1.82) is 0 Å². The van der Waals surface area contributed by atoms with Gasteiger partial charge in [0.05, 0.1) is 21.6 Å². The molecule has 0 saturated carbocycles. The molecule has 0 atom stereocenters. The number of phenolic OH excluding ortho intramolecular Hbond substituents is 1. The number of halogens is 4. The molecule has 0 saturated heterocycles. The highest BCUT2D eigenvalue weighted by molar-refractivity contribution is 9.10. The van der Waals surface area contributed by atoms with E-state index in [-0.39, 0.29) is 15.8 Å². The third-order valence-corrected chi connectivity index (χ3v) is 4.72. The van der Waals surface area contributed by atoms with Crippen LogP contribution in [-0.4, -0.2) is 5.11 Å². The molecule has 2 N–H and O–H groups in total. The summed E-state index contributed by atoms with van der Waals surface area (Å²) in [6.07, 6.45) is 0. The van der Waals surface area contributed by atoms with Crippen LogP contribution in [0.25, 0.3) is 11.3 Å². The molecule has 7 heteroatoms. The average Bonchev–Trinajstić information content (AvgIpc) is 2.99. The summed E-state index contributed by atoms with van der Waals surface area (Å²) in [6, 6.07) is 12.5. The van der Waals surface area contributed by atoms with Gasteiger partial charge in [-0.2, -0.15) is 0 Å². The van der Waals surface area contributed by atoms with Gasteiger partial charge in [-0.25, -0.2) is 0 Å². The smallest absolute Gasteiger partial charge is 0.152 e. The van der Waals surface area contributed by atoms with Crippen LogP contribution in [0, 0.1) is 0 Å². The van der Waals surface area contributed by atoms with Crippen molar-refractivity contribution in [2.45, 2.75) is 6.54 Å². The van der Waals surface area contributed by atoms with Crippen LogP contribution in [0.2, 0.25) is 15.1 Å². The Morgan fingerprint density at radius 3 is 2.33 bits per heavy atom. The Morgan fingerprint density at radius 1 is 0.958 bits per heavy atom. The van der Waals surface area contributed by atoms with Crippen LogP contribution in [0.4, 0.5) is 5.69 Å². The van der Waals surface area contributed by atoms with Gasteiger partial charge in [0.2, 0.25) is 0 Å². The second kappa shape index (κ2) is 7.28. The van der Waals surface area contributed by atoms with E-state index in [1.54, 1.807) is 12.1 Å². The van der Waals surface area contributed by atoms with E-state index in [1.165, 1.54) is 0 Å². The minimum Gasteiger partial charge on any atom is -0.505 e. The van der Waals surface area contributed by atoms with Crippen LogP contribution in [-0.2, 0) is 6.54 Å². The lowest BCUT2D eigenvalue weighted by atomic mass is 10.2. The summed E-state index contributed by atoms with van der Waals surface area (Å²) in [5.41, 5.74) is 1.50. The Labute approximate surface area is 162 Å². The van der Waals surface area contributed by atoms with E-state index in [2.05, 4.69) is 21.2 Å². The molecular weight excluding hydrogens is 436 g/mol. The Kier molecular flexibility index (Phi) is 5.30. The first-order valence-corrected chi connectivity index (χ1v) is 8.83. The van der Waals surface area contributed by atoms with Crippen molar-refractivity contribution in [3.05, 3.63) is 67.8 Å². The summed E-state index contributed by atoms with van der Waals surface area (Å²) < 4.78 is 6.73. The fourth-order valence-corrected chi connectivity index (χ4v) is 3.42. The van der Waals surface area contributed by atoms with Gasteiger partial charge >= 0.3 is 0 Å². The number of aromatic hydroxyl groups is 1. The summed E-state index contributed by atoms with van der Waals surface area (Å²) in [6.45, 7) is 0.436. The second-order valence-electron chi connectivity index (χ2n) is 5.03. The van der Waals surface area contributed by atoms with Gasteiger partial charge in [0, 0.05) is 15.7 Å². The third-order valence-electron chi connectivity index (χ3n) is 3.34. The number of nitrogens with one attached hydrogen (secondary N) is 1. The highest BCUT2D eigenvalue weighted by atomic mass is 79.9. The van der Waals surface area contributed by atoms with Crippen LogP contribution in [0.1, 0.15) is 5.76 Å². The van der Waals surface area contributed by atoms with Crippen molar-refractivity contribution in [3.63, 3.8) is 0 Å². The molecule has 0 aliphatic heterocycles. The molecule has 3 nitrogen and oxygen atoms in total. The average molecular weight is 448 g/mol. The van der Waals surface area contributed by atoms with E-state index in [1.807, 2.05) is 30.3 Å². The molecule has 0 aliphatic carbocycles. The van der Waals surface area contributed by atoms with Crippen molar-refractivity contribution in [1.82, 2.24) is 0 Å². The van der Waals surface area contributed by atoms with Crippen molar-refractivity contribution >= 4 is 56.4 Å². The number of hydrogen-bond acceptors (Lipinski definition) is 3. The first-order chi connectivity index (χ1) is 11.4. The van der Waals surface area contributed by atoms with Crippen molar-refractivity contribution in [2.75, 3.05) is 5.32 Å². The van der Waals surface area contributed by atoms with Crippen molar-refractivity contribution < 1.29 is 9.52 Å². The Morgan fingerprint density at radius 2 is 1.67 bits per heavy atom. The fourth-order valence-electron chi connectivity index (χ4n) is 2.16. The lowest BCUT2D eigenvalue weighted by Gasteiger charge is -2.07. The van der Waals surface area contributed by atoms with Crippen molar-refractivity contribution in [2.24, 2.45) is 0 Å². The molecule has 0 radical (unpaired) electrons. The number of furan rings is 1. The lowest BCUT2D eigenvalue weighted by molar-refractivity contribution is 0.476. The molecule has 1 aromatic heterocycles. The summed E-state index contributed by atoms with van der Waals surface area (Å²) in [5, 5.41) is 13.7. The Balaban J connectivity index is 1.75. The standard InChI is InChI=1S/C17H11BrCl3NO2/c18-9-1-3-12(13(19)5-9)16-4-2-11(24-16)8-22-10-6-14(20)17(23)15(21)7-10/h1-7,22-23H,8H2. The molecule has 0 bridgehead atoms. The third kappa shape index (κ3) is 3.83. The predicted molar refractivity (Wildman–Crippen MR) is 102 cm³/mol. The summed E-state index contributed by atoms with van der Waals surface area (Å²) in [5.74, 6) is 1.28. The van der Waals surface area contributed by atoms with E-state index in [0.717, 1.165) is 15.8 Å². The van der Waals surface area contributed by atoms with Crippen LogP contribution in [0.5, 0.6) is 5.75 Å². The molecule has 3 aromatic rings. The topological polar surface area (TPSA) is 45.4 Å². The zero-order chi connectivity index (χ0) is 17.3. The highest BCUT2D eigenvalue weighted by Gasteiger charge is 2.10. The monoisotopic (exact) mass is 445 g/mol. The van der Waals surface area contributed by atoms with Crippen LogP contribution in [0.15, 0.2) is 51.4 Å². The van der Waals surface area contributed by atoms with E-state index in [4.69, 9.17) is 39.2 Å². The van der Waals surface area contributed by atoms with Gasteiger partial charge in [-0.3, -0.25) is 0 Å². The number of benzene rings is 2. The molecule has 0 amide bonds. The van der Waals surface area contributed by atoms with Crippen LogP contribution >= 0.6 is 50.7 Å². The minimum absolute atomic E-state index is 0.131. The van der Waals surface area contributed by atoms with Crippen LogP contribution in [0.3, 0.4) is 0 Å². The molecule has 3 rings (SSSR count). The first kappa shape index (κ1) is 17.5.